The van der Waals surface area contributed by atoms with Gasteiger partial charge in [0.15, 0.2) is 11.5 Å². The number of carbonyl (C=O) groups excluding carboxylic acids is 1. The van der Waals surface area contributed by atoms with Crippen LogP contribution in [0.5, 0.6) is 5.75 Å². The van der Waals surface area contributed by atoms with Crippen LogP contribution in [0.1, 0.15) is 25.1 Å². The summed E-state index contributed by atoms with van der Waals surface area (Å²) in [7, 11) is -4.28. The molecule has 2 aromatic heterocycles. The van der Waals surface area contributed by atoms with Crippen LogP contribution in [0.25, 0.3) is 21.9 Å². The van der Waals surface area contributed by atoms with Crippen LogP contribution in [0.15, 0.2) is 79.1 Å². The van der Waals surface area contributed by atoms with Crippen molar-refractivity contribution in [1.82, 2.24) is 24.6 Å². The number of nitrogens with zero attached hydrogens (tertiary/aromatic N) is 4. The molecule has 5 atom stereocenters. The Morgan fingerprint density at radius 1 is 1.16 bits per heavy atom. The lowest BCUT2D eigenvalue weighted by atomic mass is 10.1. The number of rotatable bonds is 11. The molecule has 3 aromatic carbocycles. The van der Waals surface area contributed by atoms with Crippen molar-refractivity contribution >= 4 is 53.1 Å². The van der Waals surface area contributed by atoms with E-state index in [1.54, 1.807) is 16.7 Å². The summed E-state index contributed by atoms with van der Waals surface area (Å²) in [5.74, 6) is -0.275. The Labute approximate surface area is 262 Å². The van der Waals surface area contributed by atoms with E-state index >= 15 is 0 Å². The van der Waals surface area contributed by atoms with E-state index in [-0.39, 0.29) is 36.5 Å². The Bertz CT molecular complexity index is 1870. The zero-order valence-electron chi connectivity index (χ0n) is 24.0. The van der Waals surface area contributed by atoms with Crippen LogP contribution in [0.4, 0.5) is 5.82 Å². The highest BCUT2D eigenvalue weighted by molar-refractivity contribution is 7.52. The fraction of sp³-hybridized carbons (Fsp3) is 0.267. The molecule has 0 bridgehead atoms. The van der Waals surface area contributed by atoms with Gasteiger partial charge in [0.2, 0.25) is 5.28 Å². The number of benzene rings is 3. The minimum absolute atomic E-state index is 0.0369. The van der Waals surface area contributed by atoms with E-state index in [9.17, 15) is 14.5 Å². The molecule has 0 spiro atoms. The third kappa shape index (κ3) is 6.94. The number of nitrogen functional groups attached to an aromatic ring is 1. The predicted octanol–water partition coefficient (Wildman–Crippen LogP) is 4.79. The summed E-state index contributed by atoms with van der Waals surface area (Å²) in [6.45, 7) is 1.19. The van der Waals surface area contributed by atoms with Gasteiger partial charge in [0.25, 0.3) is 0 Å². The van der Waals surface area contributed by atoms with Crippen molar-refractivity contribution in [2.24, 2.45) is 0 Å². The van der Waals surface area contributed by atoms with Gasteiger partial charge in [-0.05, 0) is 35.5 Å². The lowest BCUT2D eigenvalue weighted by Gasteiger charge is -2.25. The largest absolute Gasteiger partial charge is 0.460 e. The molecule has 5 aromatic rings. The molecule has 0 amide bonds. The molecular formula is C30H30ClN6O7P. The van der Waals surface area contributed by atoms with Gasteiger partial charge >= 0.3 is 13.7 Å². The summed E-state index contributed by atoms with van der Waals surface area (Å²) < 4.78 is 39.2. The average molecular weight is 653 g/mol. The number of esters is 1. The highest BCUT2D eigenvalue weighted by Crippen LogP contribution is 2.47. The monoisotopic (exact) mass is 652 g/mol. The SMILES string of the molecule is C[C@H](NP(=O)(OC[C@H]1O[C@@H](n2cnc3c(N)nc(Cl)nc32)CC1O)Oc1cccc2ccccc12)C(=O)OCc1ccccc1. The van der Waals surface area contributed by atoms with E-state index in [0.29, 0.717) is 16.6 Å². The van der Waals surface area contributed by atoms with E-state index in [0.717, 1.165) is 10.9 Å². The fourth-order valence-corrected chi connectivity index (χ4v) is 6.66. The number of nitrogens with one attached hydrogen (secondary N) is 1. The van der Waals surface area contributed by atoms with Gasteiger partial charge in [-0.1, -0.05) is 66.7 Å². The minimum atomic E-state index is -4.28. The van der Waals surface area contributed by atoms with Crippen molar-refractivity contribution in [2.45, 2.75) is 44.4 Å². The van der Waals surface area contributed by atoms with Gasteiger partial charge < -0.3 is 24.8 Å². The zero-order valence-corrected chi connectivity index (χ0v) is 25.7. The Kier molecular flexibility index (Phi) is 8.99. The molecule has 13 nitrogen and oxygen atoms in total. The van der Waals surface area contributed by atoms with Crippen molar-refractivity contribution in [3.05, 3.63) is 90.0 Å². The van der Waals surface area contributed by atoms with Crippen molar-refractivity contribution in [2.75, 3.05) is 12.3 Å². The van der Waals surface area contributed by atoms with E-state index in [1.807, 2.05) is 60.7 Å². The van der Waals surface area contributed by atoms with Crippen molar-refractivity contribution < 1.29 is 33.0 Å². The Balaban J connectivity index is 1.19. The van der Waals surface area contributed by atoms with Gasteiger partial charge in [0, 0.05) is 11.8 Å². The quantitative estimate of drug-likeness (QED) is 0.101. The average Bonchev–Trinajstić information content (AvgIpc) is 3.62. The number of nitrogens with two attached hydrogens (primary N) is 1. The molecule has 0 aliphatic carbocycles. The molecule has 1 aliphatic rings. The second-order valence-corrected chi connectivity index (χ2v) is 12.5. The fourth-order valence-electron chi connectivity index (χ4n) is 4.97. The number of hydrogen-bond donors (Lipinski definition) is 3. The number of aromatic nitrogens is 4. The number of carbonyl (C=O) groups is 1. The third-order valence-corrected chi connectivity index (χ3v) is 9.04. The molecule has 1 saturated heterocycles. The van der Waals surface area contributed by atoms with Gasteiger partial charge in [0.1, 0.15) is 36.2 Å². The van der Waals surface area contributed by atoms with Crippen LogP contribution in [-0.2, 0) is 30.0 Å². The molecule has 0 radical (unpaired) electrons. The van der Waals surface area contributed by atoms with Crippen LogP contribution in [-0.4, -0.2) is 55.5 Å². The molecule has 0 saturated carbocycles. The van der Waals surface area contributed by atoms with Crippen LogP contribution in [0, 0.1) is 0 Å². The highest BCUT2D eigenvalue weighted by Gasteiger charge is 2.40. The van der Waals surface area contributed by atoms with Crippen LogP contribution >= 0.6 is 19.3 Å². The molecule has 45 heavy (non-hydrogen) atoms. The zero-order chi connectivity index (χ0) is 31.6. The predicted molar refractivity (Wildman–Crippen MR) is 166 cm³/mol. The topological polar surface area (TPSA) is 173 Å². The maximum Gasteiger partial charge on any atom is 0.459 e. The lowest BCUT2D eigenvalue weighted by Crippen LogP contribution is -2.36. The Morgan fingerprint density at radius 3 is 2.73 bits per heavy atom. The van der Waals surface area contributed by atoms with Gasteiger partial charge in [-0.3, -0.25) is 13.9 Å². The first kappa shape index (κ1) is 30.9. The van der Waals surface area contributed by atoms with Crippen LogP contribution < -0.4 is 15.3 Å². The molecule has 2 unspecified atom stereocenters. The first-order valence-electron chi connectivity index (χ1n) is 14.1. The Morgan fingerprint density at radius 2 is 1.91 bits per heavy atom. The van der Waals surface area contributed by atoms with Gasteiger partial charge in [-0.2, -0.15) is 15.1 Å². The molecule has 4 N–H and O–H groups in total. The summed E-state index contributed by atoms with van der Waals surface area (Å²) in [6.07, 6.45) is -1.03. The normalized spacial score (nSPS) is 20.2. The molecule has 234 valence electrons. The van der Waals surface area contributed by atoms with Crippen molar-refractivity contribution in [3.63, 3.8) is 0 Å². The maximum atomic E-state index is 14.3. The summed E-state index contributed by atoms with van der Waals surface area (Å²) in [5, 5.41) is 15.0. The number of halogens is 1. The Hall–Kier alpha value is -4.10. The molecule has 6 rings (SSSR count). The van der Waals surface area contributed by atoms with Gasteiger partial charge in [0.05, 0.1) is 19.0 Å². The van der Waals surface area contributed by atoms with E-state index < -0.39 is 38.2 Å². The second-order valence-electron chi connectivity index (χ2n) is 10.4. The number of ether oxygens (including phenoxy) is 2. The second kappa shape index (κ2) is 13.1. The molecule has 3 heterocycles. The molecule has 1 fully saturated rings. The number of aliphatic hydroxyl groups is 1. The summed E-state index contributed by atoms with van der Waals surface area (Å²) in [5.41, 5.74) is 7.39. The van der Waals surface area contributed by atoms with E-state index in [1.165, 1.54) is 13.3 Å². The van der Waals surface area contributed by atoms with E-state index in [2.05, 4.69) is 20.0 Å². The standard InChI is InChI=1S/C30H30ClN6O7P/c1-18(29(39)41-15-19-8-3-2-4-9-19)36-45(40,44-23-13-7-11-20-10-5-6-12-21(20)23)42-16-24-22(38)14-25(43-24)37-17-33-26-27(32)34-30(31)35-28(26)37/h2-13,17-18,22,24-25,38H,14-16H2,1H3,(H,36,40)(H2,32,34,35)/t18-,22?,24+,25+,45?/m0/s1. The summed E-state index contributed by atoms with van der Waals surface area (Å²) >= 11 is 6.00. The lowest BCUT2D eigenvalue weighted by molar-refractivity contribution is -0.146. The number of fused-ring (bicyclic) bond motifs is 2. The number of hydrogen-bond acceptors (Lipinski definition) is 11. The highest BCUT2D eigenvalue weighted by atomic mass is 35.5. The van der Waals surface area contributed by atoms with Gasteiger partial charge in [-0.25, -0.2) is 9.55 Å². The number of aliphatic hydroxyl groups excluding tert-OH is 1. The van der Waals surface area contributed by atoms with Crippen LogP contribution in [0.2, 0.25) is 5.28 Å². The summed E-state index contributed by atoms with van der Waals surface area (Å²) in [6, 6.07) is 20.8. The molecule has 1 aliphatic heterocycles. The molecular weight excluding hydrogens is 623 g/mol. The minimum Gasteiger partial charge on any atom is -0.460 e. The third-order valence-electron chi connectivity index (χ3n) is 7.24. The van der Waals surface area contributed by atoms with Crippen molar-refractivity contribution in [1.29, 1.82) is 0 Å². The van der Waals surface area contributed by atoms with Crippen LogP contribution in [0.3, 0.4) is 0 Å². The maximum absolute atomic E-state index is 14.3. The summed E-state index contributed by atoms with van der Waals surface area (Å²) in [4.78, 5) is 25.2. The van der Waals surface area contributed by atoms with E-state index in [4.69, 9.17) is 35.9 Å². The van der Waals surface area contributed by atoms with Crippen molar-refractivity contribution in [3.8, 4) is 5.75 Å². The molecule has 15 heteroatoms. The number of imidazole rings is 1. The number of anilines is 1. The first-order valence-corrected chi connectivity index (χ1v) is 16.0. The smallest absolute Gasteiger partial charge is 0.459 e. The first-order chi connectivity index (χ1) is 21.7. The van der Waals surface area contributed by atoms with Gasteiger partial charge in [-0.15, -0.1) is 0 Å².